The van der Waals surface area contributed by atoms with Crippen LogP contribution < -0.4 is 0 Å². The van der Waals surface area contributed by atoms with Crippen molar-refractivity contribution in [3.63, 3.8) is 0 Å². The van der Waals surface area contributed by atoms with Gasteiger partial charge >= 0.3 is 0 Å². The van der Waals surface area contributed by atoms with Crippen molar-refractivity contribution in [1.29, 1.82) is 0 Å². The van der Waals surface area contributed by atoms with Crippen LogP contribution in [0.2, 0.25) is 0 Å². The van der Waals surface area contributed by atoms with Gasteiger partial charge in [0.1, 0.15) is 0 Å². The molecule has 1 N–H and O–H groups in total. The van der Waals surface area contributed by atoms with Crippen molar-refractivity contribution >= 4 is 5.91 Å². The van der Waals surface area contributed by atoms with Gasteiger partial charge in [0.05, 0.1) is 18.6 Å². The van der Waals surface area contributed by atoms with Crippen LogP contribution in [0.3, 0.4) is 0 Å². The Morgan fingerprint density at radius 1 is 1.32 bits per heavy atom. The quantitative estimate of drug-likeness (QED) is 0.873. The van der Waals surface area contributed by atoms with Crippen LogP contribution in [0.4, 0.5) is 0 Å². The highest BCUT2D eigenvalue weighted by molar-refractivity contribution is 5.77. The second-order valence-corrected chi connectivity index (χ2v) is 7.72. The van der Waals surface area contributed by atoms with Gasteiger partial charge < -0.3 is 14.5 Å². The van der Waals surface area contributed by atoms with E-state index in [1.807, 2.05) is 4.90 Å². The fourth-order valence-electron chi connectivity index (χ4n) is 4.13. The van der Waals surface area contributed by atoms with Crippen LogP contribution in [0.1, 0.15) is 63.1 Å². The number of hydrogen-bond acceptors (Lipinski definition) is 6. The highest BCUT2D eigenvalue weighted by Crippen LogP contribution is 2.33. The van der Waals surface area contributed by atoms with Crippen molar-refractivity contribution in [2.24, 2.45) is 0 Å². The Bertz CT molecular complexity index is 583. The largest absolute Gasteiger partial charge is 0.389 e. The van der Waals surface area contributed by atoms with Gasteiger partial charge in [0.2, 0.25) is 11.8 Å². The lowest BCUT2D eigenvalue weighted by atomic mass is 9.97. The van der Waals surface area contributed by atoms with E-state index < -0.39 is 5.60 Å². The van der Waals surface area contributed by atoms with Crippen LogP contribution in [0.25, 0.3) is 0 Å². The van der Waals surface area contributed by atoms with E-state index in [-0.39, 0.29) is 12.3 Å². The Balaban J connectivity index is 1.50. The third kappa shape index (κ3) is 4.79. The summed E-state index contributed by atoms with van der Waals surface area (Å²) in [6.45, 7) is 4.01. The SMILES string of the molecule is Cc1nc(CN(C)[C@@H]2CCCN(C(=O)CC3(O)CCCC3)CC2)no1. The van der Waals surface area contributed by atoms with Crippen LogP contribution in [-0.4, -0.2) is 62.7 Å². The molecule has 0 radical (unpaired) electrons. The first-order valence-electron chi connectivity index (χ1n) is 9.45. The van der Waals surface area contributed by atoms with Crippen molar-refractivity contribution in [2.75, 3.05) is 20.1 Å². The van der Waals surface area contributed by atoms with E-state index in [1.54, 1.807) is 6.92 Å². The van der Waals surface area contributed by atoms with E-state index in [0.717, 1.165) is 58.0 Å². The molecule has 7 heteroatoms. The third-order valence-corrected chi connectivity index (χ3v) is 5.65. The normalized spacial score (nSPS) is 23.8. The summed E-state index contributed by atoms with van der Waals surface area (Å²) in [6, 6.07) is 0.408. The van der Waals surface area contributed by atoms with E-state index >= 15 is 0 Å². The zero-order chi connectivity index (χ0) is 17.9. The zero-order valence-corrected chi connectivity index (χ0v) is 15.4. The monoisotopic (exact) mass is 350 g/mol. The lowest BCUT2D eigenvalue weighted by Crippen LogP contribution is -2.39. The minimum absolute atomic E-state index is 0.112. The fourth-order valence-corrected chi connectivity index (χ4v) is 4.13. The van der Waals surface area contributed by atoms with Crippen LogP contribution in [0.5, 0.6) is 0 Å². The number of aromatic nitrogens is 2. The summed E-state index contributed by atoms with van der Waals surface area (Å²) in [5.41, 5.74) is -0.754. The van der Waals surface area contributed by atoms with Gasteiger partial charge in [-0.05, 0) is 39.2 Å². The van der Waals surface area contributed by atoms with Crippen molar-refractivity contribution in [2.45, 2.75) is 76.5 Å². The molecular formula is C18H30N4O3. The Labute approximate surface area is 149 Å². The molecule has 1 aliphatic heterocycles. The topological polar surface area (TPSA) is 82.7 Å². The maximum atomic E-state index is 12.6. The number of carbonyl (C=O) groups is 1. The van der Waals surface area contributed by atoms with Gasteiger partial charge in [-0.1, -0.05) is 18.0 Å². The van der Waals surface area contributed by atoms with Crippen LogP contribution in [0.15, 0.2) is 4.52 Å². The number of likely N-dealkylation sites (tertiary alicyclic amines) is 1. The summed E-state index contributed by atoms with van der Waals surface area (Å²) in [5, 5.41) is 14.5. The predicted molar refractivity (Wildman–Crippen MR) is 92.8 cm³/mol. The number of aliphatic hydroxyl groups is 1. The standard InChI is InChI=1S/C18H30N4O3/c1-14-19-16(20-25-14)13-21(2)15-6-5-10-22(11-7-15)17(23)12-18(24)8-3-4-9-18/h15,24H,3-13H2,1-2H3/t15-/m1/s1. The van der Waals surface area contributed by atoms with Crippen LogP contribution >= 0.6 is 0 Å². The Morgan fingerprint density at radius 3 is 2.76 bits per heavy atom. The first-order valence-corrected chi connectivity index (χ1v) is 9.45. The van der Waals surface area contributed by atoms with E-state index in [2.05, 4.69) is 22.1 Å². The molecule has 1 aliphatic carbocycles. The van der Waals surface area contributed by atoms with E-state index in [9.17, 15) is 9.90 Å². The molecule has 0 aromatic carbocycles. The molecule has 1 aromatic heterocycles. The number of amides is 1. The van der Waals surface area contributed by atoms with E-state index in [4.69, 9.17) is 4.52 Å². The summed E-state index contributed by atoms with van der Waals surface area (Å²) in [7, 11) is 2.08. The van der Waals surface area contributed by atoms with Crippen molar-refractivity contribution < 1.29 is 14.4 Å². The van der Waals surface area contributed by atoms with E-state index in [1.165, 1.54) is 0 Å². The Morgan fingerprint density at radius 2 is 2.08 bits per heavy atom. The van der Waals surface area contributed by atoms with Gasteiger partial charge in [0, 0.05) is 26.1 Å². The maximum absolute atomic E-state index is 12.6. The van der Waals surface area contributed by atoms with Gasteiger partial charge in [-0.3, -0.25) is 9.69 Å². The average molecular weight is 350 g/mol. The van der Waals surface area contributed by atoms with Gasteiger partial charge in [0.25, 0.3) is 0 Å². The van der Waals surface area contributed by atoms with Crippen LogP contribution in [-0.2, 0) is 11.3 Å². The Hall–Kier alpha value is -1.47. The van der Waals surface area contributed by atoms with Crippen molar-refractivity contribution in [3.8, 4) is 0 Å². The molecule has 0 unspecified atom stereocenters. The van der Waals surface area contributed by atoms with Gasteiger partial charge in [-0.25, -0.2) is 0 Å². The molecule has 7 nitrogen and oxygen atoms in total. The first-order chi connectivity index (χ1) is 12.0. The third-order valence-electron chi connectivity index (χ3n) is 5.65. The Kier molecular flexibility index (Phi) is 5.74. The molecule has 1 aromatic rings. The number of aryl methyl sites for hydroxylation is 1. The summed E-state index contributed by atoms with van der Waals surface area (Å²) >= 11 is 0. The van der Waals surface area contributed by atoms with Gasteiger partial charge in [0.15, 0.2) is 5.82 Å². The van der Waals surface area contributed by atoms with Crippen molar-refractivity contribution in [3.05, 3.63) is 11.7 Å². The second kappa shape index (κ2) is 7.83. The smallest absolute Gasteiger partial charge is 0.225 e. The summed E-state index contributed by atoms with van der Waals surface area (Å²) in [5.74, 6) is 1.41. The molecule has 2 fully saturated rings. The van der Waals surface area contributed by atoms with Gasteiger partial charge in [-0.2, -0.15) is 4.98 Å². The molecular weight excluding hydrogens is 320 g/mol. The minimum Gasteiger partial charge on any atom is -0.389 e. The number of nitrogens with zero attached hydrogens (tertiary/aromatic N) is 4. The molecule has 1 atom stereocenters. The second-order valence-electron chi connectivity index (χ2n) is 7.72. The minimum atomic E-state index is -0.754. The van der Waals surface area contributed by atoms with Gasteiger partial charge in [-0.15, -0.1) is 0 Å². The maximum Gasteiger partial charge on any atom is 0.225 e. The molecule has 25 heavy (non-hydrogen) atoms. The molecule has 2 heterocycles. The highest BCUT2D eigenvalue weighted by Gasteiger charge is 2.35. The molecule has 1 amide bonds. The number of hydrogen-bond donors (Lipinski definition) is 1. The summed E-state index contributed by atoms with van der Waals surface area (Å²) < 4.78 is 5.03. The fraction of sp³-hybridized carbons (Fsp3) is 0.833. The zero-order valence-electron chi connectivity index (χ0n) is 15.4. The predicted octanol–water partition coefficient (Wildman–Crippen LogP) is 1.89. The molecule has 140 valence electrons. The molecule has 1 saturated heterocycles. The van der Waals surface area contributed by atoms with Crippen molar-refractivity contribution in [1.82, 2.24) is 19.9 Å². The molecule has 0 spiro atoms. The molecule has 1 saturated carbocycles. The summed E-state index contributed by atoms with van der Waals surface area (Å²) in [6.07, 6.45) is 6.88. The lowest BCUT2D eigenvalue weighted by molar-refractivity contribution is -0.136. The van der Waals surface area contributed by atoms with E-state index in [0.29, 0.717) is 24.3 Å². The average Bonchev–Trinajstić information content (AvgIpc) is 3.07. The lowest BCUT2D eigenvalue weighted by Gasteiger charge is -2.28. The first kappa shape index (κ1) is 18.3. The number of carbonyl (C=O) groups excluding carboxylic acids is 1. The summed E-state index contributed by atoms with van der Waals surface area (Å²) in [4.78, 5) is 21.1. The van der Waals surface area contributed by atoms with Crippen LogP contribution in [0, 0.1) is 6.92 Å². The molecule has 2 aliphatic rings. The number of rotatable bonds is 5. The highest BCUT2D eigenvalue weighted by atomic mass is 16.5. The molecule has 0 bridgehead atoms. The molecule has 3 rings (SSSR count).